The first kappa shape index (κ1) is 22.1. The van der Waals surface area contributed by atoms with Crippen LogP contribution in [0.2, 0.25) is 0 Å². The minimum Gasteiger partial charge on any atom is -0.357 e. The molecule has 25 heavy (non-hydrogen) atoms. The summed E-state index contributed by atoms with van der Waals surface area (Å²) in [5.74, 6) is 1.76. The maximum Gasteiger partial charge on any atom is 0.191 e. The molecule has 1 aliphatic rings. The fraction of sp³-hybridized carbons (Fsp3) is 0.824. The van der Waals surface area contributed by atoms with Gasteiger partial charge < -0.3 is 20.1 Å². The highest BCUT2D eigenvalue weighted by Crippen LogP contribution is 2.09. The lowest BCUT2D eigenvalue weighted by Gasteiger charge is -2.20. The SMILES string of the molecule is CCNC(=NCc1nncn1CC)NCCCN1CCCCCC1.I. The Bertz CT molecular complexity index is 481. The molecule has 2 rings (SSSR count). The average Bonchev–Trinajstić information content (AvgIpc) is 2.90. The van der Waals surface area contributed by atoms with Crippen molar-refractivity contribution >= 4 is 29.9 Å². The maximum atomic E-state index is 4.62. The van der Waals surface area contributed by atoms with E-state index in [9.17, 15) is 0 Å². The van der Waals surface area contributed by atoms with E-state index in [4.69, 9.17) is 0 Å². The fourth-order valence-electron chi connectivity index (χ4n) is 3.03. The smallest absolute Gasteiger partial charge is 0.191 e. The molecule has 2 heterocycles. The summed E-state index contributed by atoms with van der Waals surface area (Å²) in [6.07, 6.45) is 8.41. The zero-order chi connectivity index (χ0) is 17.0. The van der Waals surface area contributed by atoms with Crippen LogP contribution in [0, 0.1) is 0 Å². The van der Waals surface area contributed by atoms with E-state index in [1.54, 1.807) is 6.33 Å². The van der Waals surface area contributed by atoms with Crippen molar-refractivity contribution in [2.45, 2.75) is 59.0 Å². The summed E-state index contributed by atoms with van der Waals surface area (Å²) in [6.45, 7) is 11.1. The largest absolute Gasteiger partial charge is 0.357 e. The number of nitrogens with zero attached hydrogens (tertiary/aromatic N) is 5. The fourth-order valence-corrected chi connectivity index (χ4v) is 3.03. The molecule has 8 heteroatoms. The van der Waals surface area contributed by atoms with Gasteiger partial charge in [0.1, 0.15) is 12.9 Å². The first-order chi connectivity index (χ1) is 11.8. The minimum absolute atomic E-state index is 0. The molecule has 0 radical (unpaired) electrons. The van der Waals surface area contributed by atoms with E-state index in [1.807, 2.05) is 4.57 Å². The molecular weight excluding hydrogens is 429 g/mol. The summed E-state index contributed by atoms with van der Waals surface area (Å²) in [7, 11) is 0. The van der Waals surface area contributed by atoms with E-state index >= 15 is 0 Å². The van der Waals surface area contributed by atoms with Crippen molar-refractivity contribution in [2.24, 2.45) is 4.99 Å². The van der Waals surface area contributed by atoms with Gasteiger partial charge in [-0.15, -0.1) is 34.2 Å². The van der Waals surface area contributed by atoms with Crippen LogP contribution in [0.5, 0.6) is 0 Å². The summed E-state index contributed by atoms with van der Waals surface area (Å²) < 4.78 is 2.02. The van der Waals surface area contributed by atoms with E-state index in [1.165, 1.54) is 45.3 Å². The van der Waals surface area contributed by atoms with E-state index < -0.39 is 0 Å². The zero-order valence-corrected chi connectivity index (χ0v) is 18.0. The van der Waals surface area contributed by atoms with Crippen molar-refractivity contribution < 1.29 is 0 Å². The Morgan fingerprint density at radius 2 is 1.92 bits per heavy atom. The van der Waals surface area contributed by atoms with Crippen LogP contribution in [0.1, 0.15) is 51.8 Å². The van der Waals surface area contributed by atoms with Gasteiger partial charge in [0.2, 0.25) is 0 Å². The summed E-state index contributed by atoms with van der Waals surface area (Å²) in [6, 6.07) is 0. The molecule has 1 aromatic rings. The summed E-state index contributed by atoms with van der Waals surface area (Å²) >= 11 is 0. The van der Waals surface area contributed by atoms with Crippen LogP contribution in [-0.2, 0) is 13.1 Å². The molecule has 0 aliphatic carbocycles. The number of nitrogens with one attached hydrogen (secondary N) is 2. The minimum atomic E-state index is 0. The molecule has 0 atom stereocenters. The third kappa shape index (κ3) is 8.35. The number of guanidine groups is 1. The van der Waals surface area contributed by atoms with Gasteiger partial charge in [-0.05, 0) is 52.7 Å². The molecule has 0 amide bonds. The highest BCUT2D eigenvalue weighted by Gasteiger charge is 2.08. The number of aliphatic imine (C=N–C) groups is 1. The third-order valence-electron chi connectivity index (χ3n) is 4.40. The Morgan fingerprint density at radius 1 is 1.16 bits per heavy atom. The van der Waals surface area contributed by atoms with Gasteiger partial charge in [-0.1, -0.05) is 12.8 Å². The maximum absolute atomic E-state index is 4.62. The van der Waals surface area contributed by atoms with E-state index in [0.29, 0.717) is 6.54 Å². The first-order valence-electron chi connectivity index (χ1n) is 9.44. The molecule has 0 aromatic carbocycles. The Labute approximate surface area is 169 Å². The Balaban J connectivity index is 0.00000312. The molecule has 0 unspecified atom stereocenters. The molecule has 1 fully saturated rings. The van der Waals surface area contributed by atoms with Gasteiger partial charge in [0, 0.05) is 19.6 Å². The first-order valence-corrected chi connectivity index (χ1v) is 9.44. The molecule has 1 aliphatic heterocycles. The Morgan fingerprint density at radius 3 is 2.60 bits per heavy atom. The molecule has 1 saturated heterocycles. The van der Waals surface area contributed by atoms with E-state index in [2.05, 4.69) is 44.6 Å². The van der Waals surface area contributed by atoms with Crippen LogP contribution in [0.4, 0.5) is 0 Å². The van der Waals surface area contributed by atoms with Crippen molar-refractivity contribution in [3.05, 3.63) is 12.2 Å². The van der Waals surface area contributed by atoms with Crippen LogP contribution in [0.3, 0.4) is 0 Å². The van der Waals surface area contributed by atoms with Gasteiger partial charge >= 0.3 is 0 Å². The van der Waals surface area contributed by atoms with Crippen molar-refractivity contribution in [3.8, 4) is 0 Å². The number of aromatic nitrogens is 3. The second-order valence-electron chi connectivity index (χ2n) is 6.26. The molecule has 2 N–H and O–H groups in total. The lowest BCUT2D eigenvalue weighted by molar-refractivity contribution is 0.282. The van der Waals surface area contributed by atoms with Gasteiger partial charge in [0.05, 0.1) is 0 Å². The van der Waals surface area contributed by atoms with Gasteiger partial charge in [-0.3, -0.25) is 0 Å². The molecule has 0 spiro atoms. The molecule has 1 aromatic heterocycles. The number of hydrogen-bond acceptors (Lipinski definition) is 4. The monoisotopic (exact) mass is 463 g/mol. The number of rotatable bonds is 8. The van der Waals surface area contributed by atoms with Gasteiger partial charge in [0.25, 0.3) is 0 Å². The highest BCUT2D eigenvalue weighted by molar-refractivity contribution is 14.0. The van der Waals surface area contributed by atoms with Crippen LogP contribution >= 0.6 is 24.0 Å². The second-order valence-corrected chi connectivity index (χ2v) is 6.26. The number of aryl methyl sites for hydroxylation is 1. The van der Waals surface area contributed by atoms with Crippen molar-refractivity contribution in [2.75, 3.05) is 32.7 Å². The molecule has 7 nitrogen and oxygen atoms in total. The third-order valence-corrected chi connectivity index (χ3v) is 4.40. The molecular formula is C17H34IN7. The Kier molecular flexibility index (Phi) is 11.8. The highest BCUT2D eigenvalue weighted by atomic mass is 127. The average molecular weight is 463 g/mol. The zero-order valence-electron chi connectivity index (χ0n) is 15.7. The number of likely N-dealkylation sites (tertiary alicyclic amines) is 1. The normalized spacial score (nSPS) is 16.2. The van der Waals surface area contributed by atoms with Crippen LogP contribution in [0.25, 0.3) is 0 Å². The van der Waals surface area contributed by atoms with E-state index in [0.717, 1.165) is 37.8 Å². The van der Waals surface area contributed by atoms with Crippen LogP contribution in [-0.4, -0.2) is 58.3 Å². The van der Waals surface area contributed by atoms with Crippen LogP contribution < -0.4 is 10.6 Å². The molecule has 0 bridgehead atoms. The summed E-state index contributed by atoms with van der Waals surface area (Å²) in [5.41, 5.74) is 0. The predicted molar refractivity (Wildman–Crippen MR) is 113 cm³/mol. The van der Waals surface area contributed by atoms with Crippen molar-refractivity contribution in [1.29, 1.82) is 0 Å². The molecule has 144 valence electrons. The standard InChI is InChI=1S/C17H33N7.HI/c1-3-18-17(20-14-16-22-21-15-24(16)4-2)19-10-9-13-23-11-7-5-6-8-12-23;/h15H,3-14H2,1-2H3,(H2,18,19,20);1H. The summed E-state index contributed by atoms with van der Waals surface area (Å²) in [4.78, 5) is 7.22. The lowest BCUT2D eigenvalue weighted by atomic mass is 10.2. The van der Waals surface area contributed by atoms with Crippen molar-refractivity contribution in [3.63, 3.8) is 0 Å². The van der Waals surface area contributed by atoms with Gasteiger partial charge in [-0.25, -0.2) is 4.99 Å². The quantitative estimate of drug-likeness (QED) is 0.268. The molecule has 0 saturated carbocycles. The Hall–Kier alpha value is -0.900. The van der Waals surface area contributed by atoms with Gasteiger partial charge in [-0.2, -0.15) is 0 Å². The lowest BCUT2D eigenvalue weighted by Crippen LogP contribution is -2.39. The predicted octanol–water partition coefficient (Wildman–Crippen LogP) is 2.24. The van der Waals surface area contributed by atoms with Gasteiger partial charge in [0.15, 0.2) is 11.8 Å². The van der Waals surface area contributed by atoms with Crippen LogP contribution in [0.15, 0.2) is 11.3 Å². The second kappa shape index (κ2) is 13.3. The number of hydrogen-bond donors (Lipinski definition) is 2. The topological polar surface area (TPSA) is 70.4 Å². The number of halogens is 1. The summed E-state index contributed by atoms with van der Waals surface area (Å²) in [5, 5.41) is 14.8. The van der Waals surface area contributed by atoms with Crippen molar-refractivity contribution in [1.82, 2.24) is 30.3 Å². The van der Waals surface area contributed by atoms with E-state index in [-0.39, 0.29) is 24.0 Å².